The fraction of sp³-hybridized carbons (Fsp3) is 0.182. The van der Waals surface area contributed by atoms with E-state index in [1.54, 1.807) is 18.2 Å². The molecule has 3 aromatic rings. The second-order valence-electron chi connectivity index (χ2n) is 7.29. The number of nitrogens with zero attached hydrogens (tertiary/aromatic N) is 4. The van der Waals surface area contributed by atoms with Crippen LogP contribution < -0.4 is 5.32 Å². The van der Waals surface area contributed by atoms with Gasteiger partial charge in [-0.1, -0.05) is 12.6 Å². The van der Waals surface area contributed by atoms with Gasteiger partial charge in [0, 0.05) is 18.4 Å². The smallest absolute Gasteiger partial charge is 0.269 e. The number of hydrogen-bond donors (Lipinski definition) is 1. The maximum Gasteiger partial charge on any atom is 0.269 e. The van der Waals surface area contributed by atoms with Gasteiger partial charge in [0.25, 0.3) is 5.82 Å². The molecule has 0 saturated carbocycles. The number of anilines is 2. The van der Waals surface area contributed by atoms with E-state index in [-0.39, 0.29) is 10.6 Å². The molecule has 1 N–H and O–H groups in total. The Bertz CT molecular complexity index is 1380. The number of halogens is 1. The summed E-state index contributed by atoms with van der Waals surface area (Å²) in [4.78, 5) is 16.8. The first kappa shape index (κ1) is 20.6. The minimum absolute atomic E-state index is 0.135. The first-order chi connectivity index (χ1) is 14.7. The summed E-state index contributed by atoms with van der Waals surface area (Å²) in [5.41, 5.74) is 4.52. The van der Waals surface area contributed by atoms with E-state index in [0.29, 0.717) is 41.4 Å². The highest BCUT2D eigenvalue weighted by Crippen LogP contribution is 2.37. The Morgan fingerprint density at radius 1 is 1.13 bits per heavy atom. The van der Waals surface area contributed by atoms with Gasteiger partial charge in [-0.3, -0.25) is 9.98 Å². The minimum atomic E-state index is -3.66. The van der Waals surface area contributed by atoms with E-state index in [4.69, 9.17) is 11.6 Å². The van der Waals surface area contributed by atoms with Gasteiger partial charge < -0.3 is 10.2 Å². The van der Waals surface area contributed by atoms with Gasteiger partial charge in [0.2, 0.25) is 0 Å². The third kappa shape index (κ3) is 4.44. The van der Waals surface area contributed by atoms with Crippen LogP contribution in [0.5, 0.6) is 0 Å². The lowest BCUT2D eigenvalue weighted by molar-refractivity contribution is 0.596. The summed E-state index contributed by atoms with van der Waals surface area (Å²) in [7, 11) is -3.66. The fourth-order valence-corrected chi connectivity index (χ4v) is 4.27. The van der Waals surface area contributed by atoms with E-state index in [1.165, 1.54) is 12.1 Å². The van der Waals surface area contributed by atoms with Crippen molar-refractivity contribution in [2.24, 2.45) is 4.99 Å². The summed E-state index contributed by atoms with van der Waals surface area (Å²) in [6, 6.07) is 10.6. The lowest BCUT2D eigenvalue weighted by atomic mass is 10.1. The molecule has 2 aromatic heterocycles. The second-order valence-corrected chi connectivity index (χ2v) is 9.28. The molecule has 0 bridgehead atoms. The molecular formula is C22H18FN5O2S. The molecule has 0 atom stereocenters. The second kappa shape index (κ2) is 7.89. The SMILES string of the molecule is [C-]#[N+]c1cccc(Cc2cc(Nc3ccc(F)cc3S(C)(=O)=O)c3c(n2)CC(C)=N3)n1. The molecular weight excluding hydrogens is 417 g/mol. The summed E-state index contributed by atoms with van der Waals surface area (Å²) in [6.45, 7) is 9.03. The van der Waals surface area contributed by atoms with Gasteiger partial charge >= 0.3 is 0 Å². The van der Waals surface area contributed by atoms with Crippen LogP contribution >= 0.6 is 0 Å². The number of aromatic nitrogens is 2. The van der Waals surface area contributed by atoms with Gasteiger partial charge in [-0.2, -0.15) is 0 Å². The third-order valence-corrected chi connectivity index (χ3v) is 5.86. The van der Waals surface area contributed by atoms with E-state index in [2.05, 4.69) is 20.1 Å². The maximum atomic E-state index is 13.7. The molecule has 1 aliphatic heterocycles. The maximum absolute atomic E-state index is 13.7. The van der Waals surface area contributed by atoms with Crippen LogP contribution in [0.25, 0.3) is 4.85 Å². The van der Waals surface area contributed by atoms with E-state index in [0.717, 1.165) is 23.7 Å². The topological polar surface area (TPSA) is 88.7 Å². The van der Waals surface area contributed by atoms with E-state index >= 15 is 0 Å². The summed E-state index contributed by atoms with van der Waals surface area (Å²) < 4.78 is 38.0. The van der Waals surface area contributed by atoms with Gasteiger partial charge in [0.15, 0.2) is 9.84 Å². The number of benzene rings is 1. The van der Waals surface area contributed by atoms with Crippen molar-refractivity contribution in [2.45, 2.75) is 24.7 Å². The third-order valence-electron chi connectivity index (χ3n) is 4.73. The average Bonchev–Trinajstić information content (AvgIpc) is 3.09. The first-order valence-electron chi connectivity index (χ1n) is 9.40. The quantitative estimate of drug-likeness (QED) is 0.594. The van der Waals surface area contributed by atoms with E-state index in [1.807, 2.05) is 13.0 Å². The fourth-order valence-electron chi connectivity index (χ4n) is 3.42. The van der Waals surface area contributed by atoms with Gasteiger partial charge in [-0.25, -0.2) is 12.8 Å². The van der Waals surface area contributed by atoms with E-state index < -0.39 is 15.7 Å². The lowest BCUT2D eigenvalue weighted by Crippen LogP contribution is -2.05. The van der Waals surface area contributed by atoms with Gasteiger partial charge in [-0.05, 0) is 43.3 Å². The molecule has 0 fully saturated rings. The van der Waals surface area contributed by atoms with Crippen LogP contribution in [0.15, 0.2) is 52.4 Å². The minimum Gasteiger partial charge on any atom is -0.361 e. The number of pyridine rings is 2. The van der Waals surface area contributed by atoms with Crippen molar-refractivity contribution in [3.05, 3.63) is 76.8 Å². The molecule has 7 nitrogen and oxygen atoms in total. The van der Waals surface area contributed by atoms with Crippen LogP contribution in [-0.4, -0.2) is 30.4 Å². The summed E-state index contributed by atoms with van der Waals surface area (Å²) in [5, 5.41) is 3.11. The highest BCUT2D eigenvalue weighted by atomic mass is 32.2. The van der Waals surface area contributed by atoms with E-state index in [9.17, 15) is 12.8 Å². The summed E-state index contributed by atoms with van der Waals surface area (Å²) >= 11 is 0. The van der Waals surface area contributed by atoms with Crippen molar-refractivity contribution in [3.8, 4) is 0 Å². The zero-order valence-electron chi connectivity index (χ0n) is 16.8. The van der Waals surface area contributed by atoms with Crippen LogP contribution in [0.4, 0.5) is 27.3 Å². The summed E-state index contributed by atoms with van der Waals surface area (Å²) in [5.74, 6) is -0.327. The molecule has 4 rings (SSSR count). The van der Waals surface area contributed by atoms with Crippen LogP contribution in [0.2, 0.25) is 0 Å². The Kier molecular flexibility index (Phi) is 5.25. The van der Waals surface area contributed by atoms with Gasteiger partial charge in [-0.15, -0.1) is 4.98 Å². The standard InChI is InChI=1S/C22H18FN5O2S/c1-13-9-18-22(25-13)19(28-17-8-7-14(23)10-20(17)31(3,29)30)12-16(26-18)11-15-5-4-6-21(24-2)27-15/h4-8,10,12H,9,11H2,1,3H3,(H,26,28). The largest absolute Gasteiger partial charge is 0.361 e. The molecule has 156 valence electrons. The molecule has 0 saturated heterocycles. The number of fused-ring (bicyclic) bond motifs is 1. The summed E-state index contributed by atoms with van der Waals surface area (Å²) in [6.07, 6.45) is 2.01. The van der Waals surface area contributed by atoms with Gasteiger partial charge in [0.1, 0.15) is 17.2 Å². The monoisotopic (exact) mass is 435 g/mol. The molecule has 0 spiro atoms. The predicted molar refractivity (Wildman–Crippen MR) is 117 cm³/mol. The zero-order valence-corrected chi connectivity index (χ0v) is 17.7. The van der Waals surface area contributed by atoms with Crippen molar-refractivity contribution < 1.29 is 12.8 Å². The Hall–Kier alpha value is -3.64. The van der Waals surface area contributed by atoms with Crippen molar-refractivity contribution in [2.75, 3.05) is 11.6 Å². The van der Waals surface area contributed by atoms with Crippen LogP contribution in [0.1, 0.15) is 24.0 Å². The molecule has 0 aliphatic carbocycles. The molecule has 31 heavy (non-hydrogen) atoms. The number of aliphatic imine (C=N–C) groups is 1. The Labute approximate surface area is 179 Å². The normalized spacial score (nSPS) is 12.8. The Morgan fingerprint density at radius 3 is 2.68 bits per heavy atom. The average molecular weight is 435 g/mol. The van der Waals surface area contributed by atoms with Crippen LogP contribution in [0, 0.1) is 12.4 Å². The zero-order chi connectivity index (χ0) is 22.2. The highest BCUT2D eigenvalue weighted by Gasteiger charge is 2.22. The van der Waals surface area contributed by atoms with Crippen molar-refractivity contribution in [3.63, 3.8) is 0 Å². The molecule has 0 unspecified atom stereocenters. The Balaban J connectivity index is 1.77. The number of hydrogen-bond acceptors (Lipinski definition) is 6. The van der Waals surface area contributed by atoms with Crippen molar-refractivity contribution >= 4 is 38.4 Å². The van der Waals surface area contributed by atoms with Crippen LogP contribution in [0.3, 0.4) is 0 Å². The molecule has 9 heteroatoms. The van der Waals surface area contributed by atoms with Crippen molar-refractivity contribution in [1.82, 2.24) is 9.97 Å². The first-order valence-corrected chi connectivity index (χ1v) is 11.3. The van der Waals surface area contributed by atoms with Crippen LogP contribution in [-0.2, 0) is 22.7 Å². The molecule has 3 heterocycles. The molecule has 0 amide bonds. The van der Waals surface area contributed by atoms with Gasteiger partial charge in [0.05, 0.1) is 34.1 Å². The molecule has 1 aliphatic rings. The number of rotatable bonds is 5. The number of sulfone groups is 1. The number of nitrogens with one attached hydrogen (secondary N) is 1. The van der Waals surface area contributed by atoms with Crippen molar-refractivity contribution in [1.29, 1.82) is 0 Å². The molecule has 0 radical (unpaired) electrons. The highest BCUT2D eigenvalue weighted by molar-refractivity contribution is 7.90. The Morgan fingerprint density at radius 2 is 1.94 bits per heavy atom. The molecule has 1 aromatic carbocycles. The predicted octanol–water partition coefficient (Wildman–Crippen LogP) is 4.55. The lowest BCUT2D eigenvalue weighted by Gasteiger charge is -2.14.